The zero-order valence-corrected chi connectivity index (χ0v) is 15.4. The van der Waals surface area contributed by atoms with Gasteiger partial charge in [-0.25, -0.2) is 5.48 Å². The van der Waals surface area contributed by atoms with Crippen LogP contribution in [0.1, 0.15) is 5.56 Å². The highest BCUT2D eigenvalue weighted by Crippen LogP contribution is 2.27. The third-order valence-corrected chi connectivity index (χ3v) is 4.14. The van der Waals surface area contributed by atoms with E-state index in [4.69, 9.17) is 32.0 Å². The largest absolute Gasteiger partial charge is 0.457 e. The van der Waals surface area contributed by atoms with E-state index >= 15 is 0 Å². The average molecular weight is 385 g/mol. The van der Waals surface area contributed by atoms with E-state index < -0.39 is 0 Å². The zero-order chi connectivity index (χ0) is 19.1. The molecule has 27 heavy (non-hydrogen) atoms. The highest BCUT2D eigenvalue weighted by Gasteiger charge is 2.05. The first-order valence-corrected chi connectivity index (χ1v) is 8.93. The lowest BCUT2D eigenvalue weighted by Gasteiger charge is -2.11. The number of halogens is 1. The molecule has 0 radical (unpaired) electrons. The summed E-state index contributed by atoms with van der Waals surface area (Å²) in [7, 11) is 0. The molecule has 4 N–H and O–H groups in total. The standard InChI is InChI=1S/C21H21ClN2O3/c22-16-3-7-19(8-4-16)27-21-11-9-20(10-12-21)26-18-5-1-15(2-6-18)13-17(23)14-24-25/h1-12,17,24-25H,13-14,23H2/t17-/m0/s1. The Balaban J connectivity index is 1.57. The number of nitrogens with two attached hydrogens (primary N) is 1. The maximum atomic E-state index is 8.67. The van der Waals surface area contributed by atoms with E-state index in [0.29, 0.717) is 29.5 Å². The van der Waals surface area contributed by atoms with Gasteiger partial charge in [0, 0.05) is 17.6 Å². The molecule has 3 rings (SSSR count). The fourth-order valence-corrected chi connectivity index (χ4v) is 2.66. The minimum atomic E-state index is -0.144. The monoisotopic (exact) mass is 384 g/mol. The Morgan fingerprint density at radius 1 is 0.778 bits per heavy atom. The molecule has 0 fully saturated rings. The Bertz CT molecular complexity index is 837. The molecule has 3 aromatic rings. The Morgan fingerprint density at radius 2 is 1.19 bits per heavy atom. The first-order valence-electron chi connectivity index (χ1n) is 8.55. The van der Waals surface area contributed by atoms with Crippen LogP contribution in [0.2, 0.25) is 5.02 Å². The molecule has 140 valence electrons. The molecule has 0 aliphatic carbocycles. The molecule has 0 aliphatic rings. The van der Waals surface area contributed by atoms with E-state index in [2.05, 4.69) is 5.48 Å². The third kappa shape index (κ3) is 5.98. The van der Waals surface area contributed by atoms with E-state index in [1.165, 1.54) is 0 Å². The molecule has 0 amide bonds. The van der Waals surface area contributed by atoms with Gasteiger partial charge in [-0.15, -0.1) is 0 Å². The number of hydroxylamine groups is 1. The van der Waals surface area contributed by atoms with Gasteiger partial charge in [0.25, 0.3) is 0 Å². The van der Waals surface area contributed by atoms with Crippen LogP contribution in [0.15, 0.2) is 72.8 Å². The van der Waals surface area contributed by atoms with Crippen LogP contribution >= 0.6 is 11.6 Å². The van der Waals surface area contributed by atoms with Crippen LogP contribution in [0.3, 0.4) is 0 Å². The van der Waals surface area contributed by atoms with E-state index in [1.54, 1.807) is 12.1 Å². The lowest BCUT2D eigenvalue weighted by atomic mass is 10.1. The lowest BCUT2D eigenvalue weighted by Crippen LogP contribution is -2.33. The Hall–Kier alpha value is -2.57. The minimum Gasteiger partial charge on any atom is -0.457 e. The van der Waals surface area contributed by atoms with Crippen LogP contribution in [0, 0.1) is 0 Å². The van der Waals surface area contributed by atoms with E-state index in [9.17, 15) is 0 Å². The van der Waals surface area contributed by atoms with Crippen molar-refractivity contribution < 1.29 is 14.7 Å². The molecule has 0 heterocycles. The SMILES string of the molecule is N[C@H](CNO)Cc1ccc(Oc2ccc(Oc3ccc(Cl)cc3)cc2)cc1. The number of hydrogen-bond acceptors (Lipinski definition) is 5. The van der Waals surface area contributed by atoms with Gasteiger partial charge in [-0.05, 0) is 72.6 Å². The number of ether oxygens (including phenoxy) is 2. The molecule has 3 aromatic carbocycles. The maximum absolute atomic E-state index is 8.67. The number of nitrogens with one attached hydrogen (secondary N) is 1. The van der Waals surface area contributed by atoms with Gasteiger partial charge in [0.15, 0.2) is 0 Å². The van der Waals surface area contributed by atoms with Gasteiger partial charge in [-0.1, -0.05) is 23.7 Å². The van der Waals surface area contributed by atoms with Gasteiger partial charge in [-0.3, -0.25) is 0 Å². The van der Waals surface area contributed by atoms with Crippen molar-refractivity contribution in [3.05, 3.63) is 83.4 Å². The van der Waals surface area contributed by atoms with Crippen molar-refractivity contribution in [1.29, 1.82) is 0 Å². The van der Waals surface area contributed by atoms with Gasteiger partial charge < -0.3 is 20.4 Å². The maximum Gasteiger partial charge on any atom is 0.127 e. The molecule has 0 aromatic heterocycles. The fourth-order valence-electron chi connectivity index (χ4n) is 2.54. The molecule has 0 bridgehead atoms. The number of rotatable bonds is 8. The van der Waals surface area contributed by atoms with Crippen LogP contribution < -0.4 is 20.7 Å². The van der Waals surface area contributed by atoms with Crippen molar-refractivity contribution in [3.63, 3.8) is 0 Å². The molecule has 1 atom stereocenters. The fraction of sp³-hybridized carbons (Fsp3) is 0.143. The lowest BCUT2D eigenvalue weighted by molar-refractivity contribution is 0.160. The summed E-state index contributed by atoms with van der Waals surface area (Å²) in [4.78, 5) is 0. The van der Waals surface area contributed by atoms with Crippen LogP contribution in [0.5, 0.6) is 23.0 Å². The topological polar surface area (TPSA) is 76.7 Å². The quantitative estimate of drug-likeness (QED) is 0.487. The average Bonchev–Trinajstić information content (AvgIpc) is 2.67. The summed E-state index contributed by atoms with van der Waals surface area (Å²) < 4.78 is 11.6. The third-order valence-electron chi connectivity index (χ3n) is 3.88. The van der Waals surface area contributed by atoms with Gasteiger partial charge in [0.05, 0.1) is 0 Å². The van der Waals surface area contributed by atoms with Crippen LogP contribution in [0.25, 0.3) is 0 Å². The summed E-state index contributed by atoms with van der Waals surface area (Å²) in [6.45, 7) is 0.350. The first kappa shape index (κ1) is 19.2. The van der Waals surface area contributed by atoms with Crippen LogP contribution in [-0.2, 0) is 6.42 Å². The van der Waals surface area contributed by atoms with Gasteiger partial charge in [0.1, 0.15) is 23.0 Å². The van der Waals surface area contributed by atoms with Crippen molar-refractivity contribution in [2.45, 2.75) is 12.5 Å². The number of hydrogen-bond donors (Lipinski definition) is 3. The Morgan fingerprint density at radius 3 is 1.63 bits per heavy atom. The van der Waals surface area contributed by atoms with Crippen molar-refractivity contribution >= 4 is 11.6 Å². The minimum absolute atomic E-state index is 0.144. The molecule has 0 saturated heterocycles. The molecular weight excluding hydrogens is 364 g/mol. The van der Waals surface area contributed by atoms with Crippen molar-refractivity contribution in [2.24, 2.45) is 5.73 Å². The van der Waals surface area contributed by atoms with E-state index in [1.807, 2.05) is 60.7 Å². The summed E-state index contributed by atoms with van der Waals surface area (Å²) in [5.41, 5.74) is 9.05. The molecule has 0 unspecified atom stereocenters. The number of benzene rings is 3. The normalized spacial score (nSPS) is 11.8. The van der Waals surface area contributed by atoms with Crippen molar-refractivity contribution in [1.82, 2.24) is 5.48 Å². The van der Waals surface area contributed by atoms with E-state index in [0.717, 1.165) is 17.1 Å². The van der Waals surface area contributed by atoms with Crippen LogP contribution in [-0.4, -0.2) is 17.8 Å². The Labute approximate surface area is 163 Å². The molecule has 6 heteroatoms. The first-order chi connectivity index (χ1) is 13.1. The second kappa shape index (κ2) is 9.39. The van der Waals surface area contributed by atoms with Gasteiger partial charge in [-0.2, -0.15) is 0 Å². The molecular formula is C21H21ClN2O3. The molecule has 0 saturated carbocycles. The smallest absolute Gasteiger partial charge is 0.127 e. The second-order valence-electron chi connectivity index (χ2n) is 6.10. The van der Waals surface area contributed by atoms with Crippen molar-refractivity contribution in [3.8, 4) is 23.0 Å². The van der Waals surface area contributed by atoms with Gasteiger partial charge in [0.2, 0.25) is 0 Å². The van der Waals surface area contributed by atoms with Gasteiger partial charge >= 0.3 is 0 Å². The summed E-state index contributed by atoms with van der Waals surface area (Å²) in [5, 5.41) is 9.34. The highest BCUT2D eigenvalue weighted by atomic mass is 35.5. The van der Waals surface area contributed by atoms with Crippen LogP contribution in [0.4, 0.5) is 0 Å². The second-order valence-corrected chi connectivity index (χ2v) is 6.54. The Kier molecular flexibility index (Phi) is 6.68. The molecule has 0 spiro atoms. The summed E-state index contributed by atoms with van der Waals surface area (Å²) in [6.07, 6.45) is 0.671. The van der Waals surface area contributed by atoms with Crippen molar-refractivity contribution in [2.75, 3.05) is 6.54 Å². The predicted octanol–water partition coefficient (Wildman–Crippen LogP) is 4.77. The summed E-state index contributed by atoms with van der Waals surface area (Å²) in [5.74, 6) is 2.89. The van der Waals surface area contributed by atoms with E-state index in [-0.39, 0.29) is 6.04 Å². The predicted molar refractivity (Wildman–Crippen MR) is 106 cm³/mol. The molecule has 0 aliphatic heterocycles. The zero-order valence-electron chi connectivity index (χ0n) is 14.6. The summed E-state index contributed by atoms with van der Waals surface area (Å²) in [6, 6.07) is 22.2. The molecule has 5 nitrogen and oxygen atoms in total. The summed E-state index contributed by atoms with van der Waals surface area (Å²) >= 11 is 5.87. The highest BCUT2D eigenvalue weighted by molar-refractivity contribution is 6.30.